The number of carboxylic acids is 1. The third-order valence-electron chi connectivity index (χ3n) is 4.10. The first-order valence-electron chi connectivity index (χ1n) is 8.40. The smallest absolute Gasteiger partial charge is 0.311 e. The number of nitrogens with zero attached hydrogens (tertiary/aromatic N) is 1. The zero-order valence-corrected chi connectivity index (χ0v) is 15.0. The number of benzene rings is 1. The average molecular weight is 319 g/mol. The zero-order chi connectivity index (χ0) is 17.6. The van der Waals surface area contributed by atoms with E-state index in [2.05, 4.69) is 0 Å². The molecule has 0 aliphatic carbocycles. The SMILES string of the molecule is CCCN(CCC)C(=O)CC(C(=O)O)c1c(C)cc(C)cc1C. The topological polar surface area (TPSA) is 57.6 Å². The highest BCUT2D eigenvalue weighted by Crippen LogP contribution is 2.29. The number of carbonyl (C=O) groups excluding carboxylic acids is 1. The molecular weight excluding hydrogens is 290 g/mol. The van der Waals surface area contributed by atoms with Crippen molar-refractivity contribution >= 4 is 11.9 Å². The maximum absolute atomic E-state index is 12.6. The van der Waals surface area contributed by atoms with Gasteiger partial charge in [-0.05, 0) is 50.3 Å². The van der Waals surface area contributed by atoms with Gasteiger partial charge in [-0.15, -0.1) is 0 Å². The second kappa shape index (κ2) is 8.70. The van der Waals surface area contributed by atoms with Gasteiger partial charge in [-0.25, -0.2) is 0 Å². The third kappa shape index (κ3) is 5.08. The number of aryl methyl sites for hydroxylation is 3. The lowest BCUT2D eigenvalue weighted by Gasteiger charge is -2.25. The Kier molecular flexibility index (Phi) is 7.27. The summed E-state index contributed by atoms with van der Waals surface area (Å²) in [5.74, 6) is -1.78. The van der Waals surface area contributed by atoms with Crippen molar-refractivity contribution < 1.29 is 14.7 Å². The van der Waals surface area contributed by atoms with Gasteiger partial charge in [0.15, 0.2) is 0 Å². The Hall–Kier alpha value is -1.84. The van der Waals surface area contributed by atoms with Crippen molar-refractivity contribution in [3.05, 3.63) is 34.4 Å². The van der Waals surface area contributed by atoms with Gasteiger partial charge in [-0.2, -0.15) is 0 Å². The fraction of sp³-hybridized carbons (Fsp3) is 0.579. The van der Waals surface area contributed by atoms with Crippen LogP contribution in [0, 0.1) is 20.8 Å². The summed E-state index contributed by atoms with van der Waals surface area (Å²) < 4.78 is 0. The van der Waals surface area contributed by atoms with E-state index in [0.717, 1.165) is 35.1 Å². The number of carbonyl (C=O) groups is 2. The largest absolute Gasteiger partial charge is 0.481 e. The molecule has 0 saturated carbocycles. The van der Waals surface area contributed by atoms with Crippen molar-refractivity contribution in [1.82, 2.24) is 4.90 Å². The van der Waals surface area contributed by atoms with E-state index in [1.165, 1.54) is 0 Å². The first-order chi connectivity index (χ1) is 10.8. The van der Waals surface area contributed by atoms with Crippen LogP contribution in [0.25, 0.3) is 0 Å². The highest BCUT2D eigenvalue weighted by atomic mass is 16.4. The van der Waals surface area contributed by atoms with Gasteiger partial charge in [0.2, 0.25) is 5.91 Å². The van der Waals surface area contributed by atoms with Crippen molar-refractivity contribution in [3.63, 3.8) is 0 Å². The van der Waals surface area contributed by atoms with Gasteiger partial charge >= 0.3 is 5.97 Å². The van der Waals surface area contributed by atoms with Gasteiger partial charge in [0.25, 0.3) is 0 Å². The molecule has 4 heteroatoms. The predicted octanol–water partition coefficient (Wildman–Crippen LogP) is 3.82. The van der Waals surface area contributed by atoms with Crippen molar-refractivity contribution in [1.29, 1.82) is 0 Å². The first-order valence-corrected chi connectivity index (χ1v) is 8.40. The van der Waals surface area contributed by atoms with E-state index in [1.54, 1.807) is 4.90 Å². The van der Waals surface area contributed by atoms with Crippen LogP contribution in [0.4, 0.5) is 0 Å². The number of carboxylic acid groups (broad SMARTS) is 1. The van der Waals surface area contributed by atoms with Crippen molar-refractivity contribution in [3.8, 4) is 0 Å². The number of aliphatic carboxylic acids is 1. The van der Waals surface area contributed by atoms with E-state index in [9.17, 15) is 14.7 Å². The summed E-state index contributed by atoms with van der Waals surface area (Å²) in [4.78, 5) is 26.1. The molecule has 23 heavy (non-hydrogen) atoms. The fourth-order valence-electron chi connectivity index (χ4n) is 3.26. The summed E-state index contributed by atoms with van der Waals surface area (Å²) in [6.45, 7) is 11.3. The Morgan fingerprint density at radius 3 is 1.91 bits per heavy atom. The Morgan fingerprint density at radius 2 is 1.52 bits per heavy atom. The van der Waals surface area contributed by atoms with E-state index in [1.807, 2.05) is 46.8 Å². The molecule has 0 spiro atoms. The maximum atomic E-state index is 12.6. The van der Waals surface area contributed by atoms with Crippen LogP contribution in [-0.4, -0.2) is 35.0 Å². The minimum absolute atomic E-state index is 0.0279. The molecule has 0 aliphatic heterocycles. The summed E-state index contributed by atoms with van der Waals surface area (Å²) in [6.07, 6.45) is 1.79. The predicted molar refractivity (Wildman–Crippen MR) is 92.8 cm³/mol. The second-order valence-electron chi connectivity index (χ2n) is 6.29. The number of hydrogen-bond donors (Lipinski definition) is 1. The zero-order valence-electron chi connectivity index (χ0n) is 15.0. The lowest BCUT2D eigenvalue weighted by Crippen LogP contribution is -2.34. The fourth-order valence-corrected chi connectivity index (χ4v) is 3.26. The van der Waals surface area contributed by atoms with Crippen LogP contribution in [0.15, 0.2) is 12.1 Å². The molecule has 0 fully saturated rings. The lowest BCUT2D eigenvalue weighted by atomic mass is 9.87. The normalized spacial score (nSPS) is 12.0. The monoisotopic (exact) mass is 319 g/mol. The van der Waals surface area contributed by atoms with Crippen molar-refractivity contribution in [2.45, 2.75) is 59.8 Å². The number of hydrogen-bond acceptors (Lipinski definition) is 2. The van der Waals surface area contributed by atoms with Gasteiger partial charge in [-0.1, -0.05) is 31.5 Å². The molecule has 0 heterocycles. The molecule has 128 valence electrons. The number of amides is 1. The van der Waals surface area contributed by atoms with Gasteiger partial charge in [0.1, 0.15) is 0 Å². The average Bonchev–Trinajstić information content (AvgIpc) is 2.44. The first kappa shape index (κ1) is 19.2. The molecule has 1 aromatic rings. The van der Waals surface area contributed by atoms with Crippen LogP contribution in [0.2, 0.25) is 0 Å². The summed E-state index contributed by atoms with van der Waals surface area (Å²) >= 11 is 0. The highest BCUT2D eigenvalue weighted by molar-refractivity contribution is 5.86. The molecule has 0 aromatic heterocycles. The van der Waals surface area contributed by atoms with Gasteiger partial charge in [-0.3, -0.25) is 9.59 Å². The molecule has 1 rings (SSSR count). The molecule has 1 amide bonds. The Balaban J connectivity index is 3.09. The third-order valence-corrected chi connectivity index (χ3v) is 4.10. The Bertz CT molecular complexity index is 537. The number of rotatable bonds is 8. The molecule has 1 unspecified atom stereocenters. The molecule has 0 radical (unpaired) electrons. The Morgan fingerprint density at radius 1 is 1.04 bits per heavy atom. The molecular formula is C19H29NO3. The molecule has 4 nitrogen and oxygen atoms in total. The summed E-state index contributed by atoms with van der Waals surface area (Å²) in [7, 11) is 0. The Labute approximate surface area is 139 Å². The van der Waals surface area contributed by atoms with Crippen molar-refractivity contribution in [2.24, 2.45) is 0 Å². The van der Waals surface area contributed by atoms with Crippen LogP contribution in [0.1, 0.15) is 61.3 Å². The van der Waals surface area contributed by atoms with Gasteiger partial charge < -0.3 is 10.0 Å². The van der Waals surface area contributed by atoms with E-state index in [4.69, 9.17) is 0 Å². The van der Waals surface area contributed by atoms with Crippen LogP contribution in [0.3, 0.4) is 0 Å². The standard InChI is InChI=1S/C19H29NO3/c1-6-8-20(9-7-2)17(21)12-16(19(22)23)18-14(4)10-13(3)11-15(18)5/h10-11,16H,6-9,12H2,1-5H3,(H,22,23). The van der Waals surface area contributed by atoms with Crippen LogP contribution >= 0.6 is 0 Å². The minimum Gasteiger partial charge on any atom is -0.481 e. The second-order valence-corrected chi connectivity index (χ2v) is 6.29. The molecule has 0 aliphatic rings. The molecule has 1 atom stereocenters. The van der Waals surface area contributed by atoms with Crippen LogP contribution in [0.5, 0.6) is 0 Å². The van der Waals surface area contributed by atoms with Crippen LogP contribution < -0.4 is 0 Å². The van der Waals surface area contributed by atoms with E-state index in [0.29, 0.717) is 13.1 Å². The minimum atomic E-state index is -0.929. The quantitative estimate of drug-likeness (QED) is 0.792. The van der Waals surface area contributed by atoms with E-state index < -0.39 is 11.9 Å². The van der Waals surface area contributed by atoms with E-state index >= 15 is 0 Å². The van der Waals surface area contributed by atoms with E-state index in [-0.39, 0.29) is 12.3 Å². The highest BCUT2D eigenvalue weighted by Gasteiger charge is 2.28. The summed E-state index contributed by atoms with van der Waals surface area (Å²) in [5, 5.41) is 9.66. The summed E-state index contributed by atoms with van der Waals surface area (Å²) in [5.41, 5.74) is 3.78. The molecule has 0 bridgehead atoms. The van der Waals surface area contributed by atoms with Gasteiger partial charge in [0, 0.05) is 19.5 Å². The molecule has 1 N–H and O–H groups in total. The molecule has 0 saturated heterocycles. The van der Waals surface area contributed by atoms with Crippen molar-refractivity contribution in [2.75, 3.05) is 13.1 Å². The van der Waals surface area contributed by atoms with Gasteiger partial charge in [0.05, 0.1) is 5.92 Å². The lowest BCUT2D eigenvalue weighted by molar-refractivity contribution is -0.142. The summed E-state index contributed by atoms with van der Waals surface area (Å²) in [6, 6.07) is 3.97. The molecule has 1 aromatic carbocycles. The maximum Gasteiger partial charge on any atom is 0.311 e. The van der Waals surface area contributed by atoms with Crippen LogP contribution in [-0.2, 0) is 9.59 Å².